The molecular weight excluding hydrogens is 326 g/mol. The van der Waals surface area contributed by atoms with Crippen molar-refractivity contribution in [3.05, 3.63) is 41.4 Å². The van der Waals surface area contributed by atoms with Crippen LogP contribution >= 0.6 is 23.1 Å². The molecular formula is C17H21N3OS2. The van der Waals surface area contributed by atoms with Crippen LogP contribution < -0.4 is 5.32 Å². The molecule has 1 aromatic carbocycles. The number of ether oxygens (including phenoxy) is 1. The predicted octanol–water partition coefficient (Wildman–Crippen LogP) is 3.59. The molecule has 1 N–H and O–H groups in total. The second-order valence-electron chi connectivity index (χ2n) is 5.95. The summed E-state index contributed by atoms with van der Waals surface area (Å²) in [5.74, 6) is 1.20. The molecule has 2 aromatic rings. The first-order chi connectivity index (χ1) is 11.4. The fourth-order valence-corrected chi connectivity index (χ4v) is 5.34. The van der Waals surface area contributed by atoms with Crippen molar-refractivity contribution in [1.82, 2.24) is 9.88 Å². The van der Waals surface area contributed by atoms with Crippen LogP contribution in [0, 0.1) is 0 Å². The van der Waals surface area contributed by atoms with Gasteiger partial charge in [0.25, 0.3) is 0 Å². The summed E-state index contributed by atoms with van der Waals surface area (Å²) in [7, 11) is 0. The van der Waals surface area contributed by atoms with Crippen LogP contribution in [-0.2, 0) is 11.3 Å². The van der Waals surface area contributed by atoms with E-state index in [1.807, 2.05) is 18.2 Å². The van der Waals surface area contributed by atoms with E-state index in [1.54, 1.807) is 11.3 Å². The molecule has 122 valence electrons. The van der Waals surface area contributed by atoms with Crippen molar-refractivity contribution < 1.29 is 4.74 Å². The molecule has 0 aliphatic carbocycles. The lowest BCUT2D eigenvalue weighted by atomic mass is 10.1. The molecule has 2 aliphatic heterocycles. The van der Waals surface area contributed by atoms with Crippen LogP contribution in [-0.4, -0.2) is 46.7 Å². The molecule has 2 aliphatic rings. The molecule has 4 nitrogen and oxygen atoms in total. The van der Waals surface area contributed by atoms with Crippen LogP contribution in [0.5, 0.6) is 0 Å². The number of hydrogen-bond acceptors (Lipinski definition) is 6. The van der Waals surface area contributed by atoms with E-state index in [-0.39, 0.29) is 0 Å². The van der Waals surface area contributed by atoms with Crippen molar-refractivity contribution in [2.45, 2.75) is 24.3 Å². The Labute approximate surface area is 145 Å². The van der Waals surface area contributed by atoms with Crippen LogP contribution in [0.4, 0.5) is 10.8 Å². The highest BCUT2D eigenvalue weighted by atomic mass is 32.2. The molecule has 2 saturated heterocycles. The van der Waals surface area contributed by atoms with Gasteiger partial charge in [0.1, 0.15) is 0 Å². The number of rotatable bonds is 4. The molecule has 0 amide bonds. The van der Waals surface area contributed by atoms with Crippen LogP contribution in [0.15, 0.2) is 35.7 Å². The summed E-state index contributed by atoms with van der Waals surface area (Å²) in [5.41, 5.74) is 2.26. The highest BCUT2D eigenvalue weighted by molar-refractivity contribution is 8.00. The Kier molecular flexibility index (Phi) is 4.85. The van der Waals surface area contributed by atoms with E-state index >= 15 is 0 Å². The average Bonchev–Trinajstić information content (AvgIpc) is 3.03. The van der Waals surface area contributed by atoms with Gasteiger partial charge in [0.15, 0.2) is 5.13 Å². The minimum atomic E-state index is 0.637. The van der Waals surface area contributed by atoms with Gasteiger partial charge in [0.05, 0.1) is 12.3 Å². The number of thiazole rings is 1. The molecule has 0 spiro atoms. The smallest absolute Gasteiger partial charge is 0.187 e. The molecule has 0 unspecified atom stereocenters. The lowest BCUT2D eigenvalue weighted by molar-refractivity contribution is 0.0348. The van der Waals surface area contributed by atoms with Crippen molar-refractivity contribution in [3.63, 3.8) is 0 Å². The maximum absolute atomic E-state index is 5.64. The van der Waals surface area contributed by atoms with Gasteiger partial charge in [-0.05, 0) is 18.6 Å². The first kappa shape index (κ1) is 15.4. The summed E-state index contributed by atoms with van der Waals surface area (Å²) in [6, 6.07) is 10.9. The quantitative estimate of drug-likeness (QED) is 0.915. The summed E-state index contributed by atoms with van der Waals surface area (Å²) in [4.78, 5) is 7.37. The maximum Gasteiger partial charge on any atom is 0.187 e. The zero-order valence-corrected chi connectivity index (χ0v) is 14.6. The Balaban J connectivity index is 1.41. The van der Waals surface area contributed by atoms with Crippen molar-refractivity contribution in [1.29, 1.82) is 0 Å². The molecule has 0 bridgehead atoms. The van der Waals surface area contributed by atoms with Crippen molar-refractivity contribution in [3.8, 4) is 0 Å². The highest BCUT2D eigenvalue weighted by Crippen LogP contribution is 2.31. The van der Waals surface area contributed by atoms with Gasteiger partial charge < -0.3 is 10.1 Å². The van der Waals surface area contributed by atoms with Crippen molar-refractivity contribution >= 4 is 33.9 Å². The molecule has 1 aromatic heterocycles. The Morgan fingerprint density at radius 1 is 1.30 bits per heavy atom. The SMILES string of the molecule is c1ccc(Nc2nc(CN3CCS[C@H]4COCC[C@@H]43)cs2)cc1. The fraction of sp³-hybridized carbons (Fsp3) is 0.471. The molecule has 3 heterocycles. The summed E-state index contributed by atoms with van der Waals surface area (Å²) in [6.45, 7) is 3.92. The first-order valence-electron chi connectivity index (χ1n) is 8.08. The molecule has 6 heteroatoms. The number of nitrogens with one attached hydrogen (secondary N) is 1. The Hall–Kier alpha value is -1.08. The monoisotopic (exact) mass is 347 g/mol. The van der Waals surface area contributed by atoms with Crippen LogP contribution in [0.1, 0.15) is 12.1 Å². The average molecular weight is 348 g/mol. The molecule has 0 saturated carbocycles. The van der Waals surface area contributed by atoms with Gasteiger partial charge in [-0.25, -0.2) is 4.98 Å². The Morgan fingerprint density at radius 2 is 2.22 bits per heavy atom. The van der Waals surface area contributed by atoms with E-state index in [4.69, 9.17) is 9.72 Å². The fourth-order valence-electron chi connectivity index (χ4n) is 3.25. The third-order valence-corrected chi connectivity index (χ3v) is 6.49. The minimum Gasteiger partial charge on any atom is -0.380 e. The second kappa shape index (κ2) is 7.21. The largest absolute Gasteiger partial charge is 0.380 e. The third-order valence-electron chi connectivity index (χ3n) is 4.39. The molecule has 4 rings (SSSR count). The topological polar surface area (TPSA) is 37.4 Å². The van der Waals surface area contributed by atoms with E-state index in [9.17, 15) is 0 Å². The van der Waals surface area contributed by atoms with Crippen LogP contribution in [0.2, 0.25) is 0 Å². The number of fused-ring (bicyclic) bond motifs is 1. The summed E-state index contributed by atoms with van der Waals surface area (Å²) >= 11 is 3.76. The standard InChI is InChI=1S/C17H21N3OS2/c1-2-4-13(5-3-1)18-17-19-14(12-23-17)10-20-7-9-22-16-11-21-8-6-15(16)20/h1-5,12,15-16H,6-11H2,(H,18,19)/t15-,16-/m0/s1. The van der Waals surface area contributed by atoms with Crippen molar-refractivity contribution in [2.75, 3.05) is 30.8 Å². The lowest BCUT2D eigenvalue weighted by Gasteiger charge is -2.43. The van der Waals surface area contributed by atoms with Crippen molar-refractivity contribution in [2.24, 2.45) is 0 Å². The zero-order valence-electron chi connectivity index (χ0n) is 13.0. The summed E-state index contributed by atoms with van der Waals surface area (Å²) in [6.07, 6.45) is 1.15. The lowest BCUT2D eigenvalue weighted by Crippen LogP contribution is -2.51. The number of anilines is 2. The Morgan fingerprint density at radius 3 is 3.13 bits per heavy atom. The second-order valence-corrected chi connectivity index (χ2v) is 8.15. The van der Waals surface area contributed by atoms with Crippen LogP contribution in [0.25, 0.3) is 0 Å². The minimum absolute atomic E-state index is 0.637. The van der Waals surface area contributed by atoms with Gasteiger partial charge >= 0.3 is 0 Å². The first-order valence-corrected chi connectivity index (χ1v) is 10.0. The van der Waals surface area contributed by atoms with E-state index in [0.29, 0.717) is 11.3 Å². The van der Waals surface area contributed by atoms with E-state index < -0.39 is 0 Å². The predicted molar refractivity (Wildman–Crippen MR) is 97.7 cm³/mol. The van der Waals surface area contributed by atoms with Gasteiger partial charge in [0, 0.05) is 47.8 Å². The number of thioether (sulfide) groups is 1. The number of benzene rings is 1. The van der Waals surface area contributed by atoms with E-state index in [1.165, 1.54) is 11.4 Å². The third kappa shape index (κ3) is 3.71. The van der Waals surface area contributed by atoms with Gasteiger partial charge in [-0.15, -0.1) is 11.3 Å². The van der Waals surface area contributed by atoms with Gasteiger partial charge in [-0.2, -0.15) is 11.8 Å². The van der Waals surface area contributed by atoms with E-state index in [0.717, 1.165) is 43.5 Å². The molecule has 2 fully saturated rings. The number of hydrogen-bond donors (Lipinski definition) is 1. The number of para-hydroxylation sites is 1. The maximum atomic E-state index is 5.64. The Bertz CT molecular complexity index is 632. The van der Waals surface area contributed by atoms with Gasteiger partial charge in [0.2, 0.25) is 0 Å². The summed E-state index contributed by atoms with van der Waals surface area (Å²) in [5, 5.41) is 7.17. The van der Waals surface area contributed by atoms with Crippen LogP contribution in [0.3, 0.4) is 0 Å². The molecule has 23 heavy (non-hydrogen) atoms. The number of aromatic nitrogens is 1. The highest BCUT2D eigenvalue weighted by Gasteiger charge is 2.34. The van der Waals surface area contributed by atoms with Gasteiger partial charge in [-0.3, -0.25) is 4.90 Å². The molecule has 0 radical (unpaired) electrons. The van der Waals surface area contributed by atoms with E-state index in [2.05, 4.69) is 39.5 Å². The summed E-state index contributed by atoms with van der Waals surface area (Å²) < 4.78 is 5.64. The zero-order chi connectivity index (χ0) is 15.5. The number of nitrogens with zero attached hydrogens (tertiary/aromatic N) is 2. The van der Waals surface area contributed by atoms with Gasteiger partial charge in [-0.1, -0.05) is 18.2 Å². The normalized spacial score (nSPS) is 25.0. The molecule has 2 atom stereocenters.